The first-order valence-corrected chi connectivity index (χ1v) is 6.27. The van der Waals surface area contributed by atoms with Crippen LogP contribution in [0.5, 0.6) is 0 Å². The minimum absolute atomic E-state index is 0.137. The monoisotopic (exact) mass is 256 g/mol. The van der Waals surface area contributed by atoms with Gasteiger partial charge < -0.3 is 15.2 Å². The Morgan fingerprint density at radius 2 is 2.17 bits per heavy atom. The molecule has 1 unspecified atom stereocenters. The molecule has 1 rings (SSSR count). The number of rotatable bonds is 7. The standard InChI is InChI=1S/C12H20N2O4/c1-2-11(15)10(13-18)4-3-6-14-7-5-9(8-14)12(16)17/h9,18H,2-8H2,1H3,(H,16,17). The van der Waals surface area contributed by atoms with Crippen LogP contribution in [0.1, 0.15) is 32.6 Å². The fourth-order valence-electron chi connectivity index (χ4n) is 2.16. The van der Waals surface area contributed by atoms with Gasteiger partial charge in [-0.1, -0.05) is 12.1 Å². The lowest BCUT2D eigenvalue weighted by atomic mass is 10.1. The minimum atomic E-state index is -0.740. The molecule has 1 aliphatic rings. The number of hydrogen-bond donors (Lipinski definition) is 2. The quantitative estimate of drug-likeness (QED) is 0.402. The van der Waals surface area contributed by atoms with Gasteiger partial charge in [0.05, 0.1) is 5.92 Å². The molecule has 1 saturated heterocycles. The molecule has 1 atom stereocenters. The molecule has 0 aromatic heterocycles. The Morgan fingerprint density at radius 3 is 2.67 bits per heavy atom. The highest BCUT2D eigenvalue weighted by Gasteiger charge is 2.27. The lowest BCUT2D eigenvalue weighted by molar-refractivity contribution is -0.141. The molecule has 18 heavy (non-hydrogen) atoms. The Labute approximate surface area is 106 Å². The highest BCUT2D eigenvalue weighted by Crippen LogP contribution is 2.16. The zero-order chi connectivity index (χ0) is 13.5. The first-order valence-electron chi connectivity index (χ1n) is 6.27. The molecule has 0 amide bonds. The fraction of sp³-hybridized carbons (Fsp3) is 0.750. The van der Waals surface area contributed by atoms with E-state index >= 15 is 0 Å². The van der Waals surface area contributed by atoms with E-state index in [-0.39, 0.29) is 17.4 Å². The van der Waals surface area contributed by atoms with Crippen molar-refractivity contribution in [2.75, 3.05) is 19.6 Å². The van der Waals surface area contributed by atoms with Crippen molar-refractivity contribution < 1.29 is 19.9 Å². The third-order valence-corrected chi connectivity index (χ3v) is 3.27. The van der Waals surface area contributed by atoms with Gasteiger partial charge in [0.1, 0.15) is 5.71 Å². The predicted molar refractivity (Wildman–Crippen MR) is 65.9 cm³/mol. The van der Waals surface area contributed by atoms with Crippen molar-refractivity contribution in [2.45, 2.75) is 32.6 Å². The van der Waals surface area contributed by atoms with Crippen molar-refractivity contribution in [2.24, 2.45) is 11.1 Å². The van der Waals surface area contributed by atoms with Gasteiger partial charge in [-0.2, -0.15) is 0 Å². The highest BCUT2D eigenvalue weighted by atomic mass is 16.4. The average molecular weight is 256 g/mol. The number of likely N-dealkylation sites (tertiary alicyclic amines) is 1. The van der Waals surface area contributed by atoms with Crippen LogP contribution in [0, 0.1) is 5.92 Å². The molecule has 0 radical (unpaired) electrons. The first kappa shape index (κ1) is 14.6. The first-order chi connectivity index (χ1) is 8.58. The molecular formula is C12H20N2O4. The summed E-state index contributed by atoms with van der Waals surface area (Å²) in [4.78, 5) is 24.2. The predicted octanol–water partition coefficient (Wildman–Crippen LogP) is 0.982. The van der Waals surface area contributed by atoms with E-state index in [0.717, 1.165) is 13.1 Å². The fourth-order valence-corrected chi connectivity index (χ4v) is 2.16. The van der Waals surface area contributed by atoms with Crippen molar-refractivity contribution in [1.82, 2.24) is 4.90 Å². The zero-order valence-corrected chi connectivity index (χ0v) is 10.6. The van der Waals surface area contributed by atoms with Crippen LogP contribution in [0.25, 0.3) is 0 Å². The Bertz CT molecular complexity index is 341. The Hall–Kier alpha value is -1.43. The van der Waals surface area contributed by atoms with E-state index < -0.39 is 5.97 Å². The molecule has 0 saturated carbocycles. The van der Waals surface area contributed by atoms with E-state index in [0.29, 0.717) is 32.2 Å². The van der Waals surface area contributed by atoms with Gasteiger partial charge in [-0.3, -0.25) is 9.59 Å². The van der Waals surface area contributed by atoms with Crippen molar-refractivity contribution in [1.29, 1.82) is 0 Å². The van der Waals surface area contributed by atoms with Crippen LogP contribution >= 0.6 is 0 Å². The summed E-state index contributed by atoms with van der Waals surface area (Å²) in [6, 6.07) is 0. The summed E-state index contributed by atoms with van der Waals surface area (Å²) in [6.07, 6.45) is 2.17. The molecule has 0 bridgehead atoms. The van der Waals surface area contributed by atoms with Crippen molar-refractivity contribution in [3.05, 3.63) is 0 Å². The minimum Gasteiger partial charge on any atom is -0.481 e. The Balaban J connectivity index is 2.26. The Morgan fingerprint density at radius 1 is 1.44 bits per heavy atom. The van der Waals surface area contributed by atoms with E-state index in [1.165, 1.54) is 0 Å². The van der Waals surface area contributed by atoms with E-state index in [1.54, 1.807) is 6.92 Å². The SMILES string of the molecule is CCC(=O)C(CCCN1CCC(C(=O)O)C1)=NO. The van der Waals surface area contributed by atoms with Gasteiger partial charge in [-0.15, -0.1) is 0 Å². The van der Waals surface area contributed by atoms with Gasteiger partial charge in [0, 0.05) is 13.0 Å². The molecule has 0 spiro atoms. The van der Waals surface area contributed by atoms with Gasteiger partial charge in [-0.25, -0.2) is 0 Å². The number of aliphatic carboxylic acids is 1. The average Bonchev–Trinajstić information content (AvgIpc) is 2.82. The summed E-state index contributed by atoms with van der Waals surface area (Å²) in [7, 11) is 0. The van der Waals surface area contributed by atoms with Crippen LogP contribution in [0.15, 0.2) is 5.16 Å². The molecule has 6 heteroatoms. The maximum absolute atomic E-state index is 11.3. The summed E-state index contributed by atoms with van der Waals surface area (Å²) < 4.78 is 0. The third kappa shape index (κ3) is 4.10. The van der Waals surface area contributed by atoms with Gasteiger partial charge in [0.25, 0.3) is 0 Å². The topological polar surface area (TPSA) is 90.2 Å². The number of nitrogens with zero attached hydrogens (tertiary/aromatic N) is 2. The summed E-state index contributed by atoms with van der Waals surface area (Å²) in [5.41, 5.74) is 0.214. The molecule has 1 fully saturated rings. The van der Waals surface area contributed by atoms with Crippen molar-refractivity contribution in [3.63, 3.8) is 0 Å². The number of carbonyl (C=O) groups is 2. The number of oxime groups is 1. The zero-order valence-electron chi connectivity index (χ0n) is 10.6. The van der Waals surface area contributed by atoms with Crippen LogP contribution in [-0.2, 0) is 9.59 Å². The van der Waals surface area contributed by atoms with Crippen LogP contribution in [0.2, 0.25) is 0 Å². The number of carboxylic acids is 1. The molecule has 6 nitrogen and oxygen atoms in total. The summed E-state index contributed by atoms with van der Waals surface area (Å²) in [6.45, 7) is 3.82. The number of ketones is 1. The van der Waals surface area contributed by atoms with Crippen LogP contribution in [-0.4, -0.2) is 52.3 Å². The van der Waals surface area contributed by atoms with Gasteiger partial charge in [0.15, 0.2) is 5.78 Å². The van der Waals surface area contributed by atoms with E-state index in [4.69, 9.17) is 10.3 Å². The largest absolute Gasteiger partial charge is 0.481 e. The van der Waals surface area contributed by atoms with E-state index in [1.807, 2.05) is 0 Å². The number of Topliss-reactive ketones (excluding diaryl/α,β-unsaturated/α-hetero) is 1. The summed E-state index contributed by atoms with van der Waals surface area (Å²) in [5.74, 6) is -1.15. The molecule has 1 aliphatic heterocycles. The second-order valence-electron chi connectivity index (χ2n) is 4.55. The molecule has 0 aromatic rings. The van der Waals surface area contributed by atoms with Crippen LogP contribution < -0.4 is 0 Å². The van der Waals surface area contributed by atoms with Crippen LogP contribution in [0.4, 0.5) is 0 Å². The van der Waals surface area contributed by atoms with Gasteiger partial charge >= 0.3 is 5.97 Å². The smallest absolute Gasteiger partial charge is 0.307 e. The maximum atomic E-state index is 11.3. The molecule has 0 aromatic carbocycles. The molecule has 1 heterocycles. The molecule has 2 N–H and O–H groups in total. The van der Waals surface area contributed by atoms with E-state index in [9.17, 15) is 9.59 Å². The van der Waals surface area contributed by atoms with Crippen molar-refractivity contribution in [3.8, 4) is 0 Å². The van der Waals surface area contributed by atoms with Crippen molar-refractivity contribution >= 4 is 17.5 Å². The lowest BCUT2D eigenvalue weighted by Gasteiger charge is -2.14. The van der Waals surface area contributed by atoms with Crippen LogP contribution in [0.3, 0.4) is 0 Å². The molecular weight excluding hydrogens is 236 g/mol. The maximum Gasteiger partial charge on any atom is 0.307 e. The molecule has 102 valence electrons. The Kier molecular flexibility index (Phi) is 5.77. The number of hydrogen-bond acceptors (Lipinski definition) is 5. The number of carboxylic acid groups (broad SMARTS) is 1. The van der Waals surface area contributed by atoms with Gasteiger partial charge in [-0.05, 0) is 32.4 Å². The second-order valence-corrected chi connectivity index (χ2v) is 4.55. The normalized spacial score (nSPS) is 21.2. The summed E-state index contributed by atoms with van der Waals surface area (Å²) in [5, 5.41) is 20.6. The van der Waals surface area contributed by atoms with E-state index in [2.05, 4.69) is 10.1 Å². The lowest BCUT2D eigenvalue weighted by Crippen LogP contribution is -2.25. The second kappa shape index (κ2) is 7.10. The number of carbonyl (C=O) groups excluding carboxylic acids is 1. The molecule has 0 aliphatic carbocycles. The van der Waals surface area contributed by atoms with Gasteiger partial charge in [0.2, 0.25) is 0 Å². The third-order valence-electron chi connectivity index (χ3n) is 3.27. The highest BCUT2D eigenvalue weighted by molar-refractivity contribution is 6.39. The summed E-state index contributed by atoms with van der Waals surface area (Å²) >= 11 is 0.